The van der Waals surface area contributed by atoms with E-state index in [1.165, 1.54) is 4.90 Å². The first-order valence-corrected chi connectivity index (χ1v) is 8.18. The van der Waals surface area contributed by atoms with E-state index in [9.17, 15) is 9.59 Å². The summed E-state index contributed by atoms with van der Waals surface area (Å²) in [6.45, 7) is 3.13. The number of nitrogens with zero attached hydrogens (tertiary/aromatic N) is 2. The van der Waals surface area contributed by atoms with Crippen LogP contribution in [-0.4, -0.2) is 34.8 Å². The fraction of sp³-hybridized carbons (Fsp3) is 0.278. The van der Waals surface area contributed by atoms with Gasteiger partial charge in [0, 0.05) is 37.1 Å². The van der Waals surface area contributed by atoms with Gasteiger partial charge in [0.25, 0.3) is 0 Å². The van der Waals surface area contributed by atoms with Gasteiger partial charge in [-0.3, -0.25) is 14.6 Å². The average molecular weight is 346 g/mol. The van der Waals surface area contributed by atoms with Crippen LogP contribution in [0.5, 0.6) is 0 Å². The predicted molar refractivity (Wildman–Crippen MR) is 93.5 cm³/mol. The Labute approximate surface area is 146 Å². The van der Waals surface area contributed by atoms with Crippen molar-refractivity contribution in [3.05, 3.63) is 64.9 Å². The molecular weight excluding hydrogens is 326 g/mol. The molecule has 1 aromatic heterocycles. The minimum absolute atomic E-state index is 0.295. The van der Waals surface area contributed by atoms with E-state index < -0.39 is 11.8 Å². The number of carbonyl (C=O) groups is 2. The molecule has 24 heavy (non-hydrogen) atoms. The summed E-state index contributed by atoms with van der Waals surface area (Å²) in [5, 5.41) is 3.28. The van der Waals surface area contributed by atoms with Crippen LogP contribution in [0.1, 0.15) is 18.1 Å². The van der Waals surface area contributed by atoms with Crippen molar-refractivity contribution in [2.24, 2.45) is 0 Å². The Balaban J connectivity index is 1.85. The summed E-state index contributed by atoms with van der Waals surface area (Å²) in [5.41, 5.74) is 1.97. The molecule has 1 aromatic carbocycles. The van der Waals surface area contributed by atoms with Crippen molar-refractivity contribution in [2.45, 2.75) is 19.9 Å². The molecule has 2 amide bonds. The van der Waals surface area contributed by atoms with Gasteiger partial charge in [0.15, 0.2) is 0 Å². The molecule has 0 saturated carbocycles. The lowest BCUT2D eigenvalue weighted by atomic mass is 10.2. The lowest BCUT2D eigenvalue weighted by Crippen LogP contribution is -2.43. The molecule has 0 aliphatic carbocycles. The van der Waals surface area contributed by atoms with Gasteiger partial charge in [-0.1, -0.05) is 23.7 Å². The Bertz CT molecular complexity index is 674. The van der Waals surface area contributed by atoms with Crippen molar-refractivity contribution in [1.29, 1.82) is 0 Å². The summed E-state index contributed by atoms with van der Waals surface area (Å²) in [6.07, 6.45) is 4.12. The van der Waals surface area contributed by atoms with Gasteiger partial charge >= 0.3 is 11.8 Å². The molecule has 0 aliphatic rings. The standard InChI is InChI=1S/C18H20ClN3O2/c1-2-22(12-9-14-7-10-20-11-8-14)18(24)17(23)21-13-15-3-5-16(19)6-4-15/h3-8,10-11H,2,9,12-13H2,1H3,(H,21,23). The smallest absolute Gasteiger partial charge is 0.311 e. The zero-order valence-corrected chi connectivity index (χ0v) is 14.3. The highest BCUT2D eigenvalue weighted by Crippen LogP contribution is 2.09. The Kier molecular flexibility index (Phi) is 6.75. The van der Waals surface area contributed by atoms with Gasteiger partial charge in [0.1, 0.15) is 0 Å². The zero-order valence-electron chi connectivity index (χ0n) is 13.5. The van der Waals surface area contributed by atoms with Gasteiger partial charge in [-0.05, 0) is 48.7 Å². The highest BCUT2D eigenvalue weighted by molar-refractivity contribution is 6.35. The third kappa shape index (κ3) is 5.35. The molecule has 0 spiro atoms. The fourth-order valence-corrected chi connectivity index (χ4v) is 2.35. The second-order valence-electron chi connectivity index (χ2n) is 5.30. The van der Waals surface area contributed by atoms with Crippen LogP contribution >= 0.6 is 11.6 Å². The molecule has 0 fully saturated rings. The first kappa shape index (κ1) is 17.9. The molecule has 0 atom stereocenters. The molecule has 1 N–H and O–H groups in total. The second-order valence-corrected chi connectivity index (χ2v) is 5.74. The van der Waals surface area contributed by atoms with Crippen LogP contribution in [0, 0.1) is 0 Å². The summed E-state index contributed by atoms with van der Waals surface area (Å²) >= 11 is 5.82. The number of aromatic nitrogens is 1. The van der Waals surface area contributed by atoms with Gasteiger partial charge < -0.3 is 10.2 Å². The van der Waals surface area contributed by atoms with Crippen LogP contribution in [-0.2, 0) is 22.6 Å². The van der Waals surface area contributed by atoms with E-state index in [-0.39, 0.29) is 0 Å². The molecule has 5 nitrogen and oxygen atoms in total. The first-order valence-electron chi connectivity index (χ1n) is 7.80. The van der Waals surface area contributed by atoms with E-state index in [0.717, 1.165) is 11.1 Å². The van der Waals surface area contributed by atoms with Gasteiger partial charge in [-0.15, -0.1) is 0 Å². The summed E-state index contributed by atoms with van der Waals surface area (Å²) in [5.74, 6) is -1.11. The van der Waals surface area contributed by atoms with E-state index in [1.807, 2.05) is 31.2 Å². The maximum atomic E-state index is 12.3. The monoisotopic (exact) mass is 345 g/mol. The Morgan fingerprint density at radius 1 is 1.08 bits per heavy atom. The molecule has 0 unspecified atom stereocenters. The topological polar surface area (TPSA) is 62.3 Å². The Hall–Kier alpha value is -2.40. The van der Waals surface area contributed by atoms with Crippen LogP contribution in [0.15, 0.2) is 48.8 Å². The minimum atomic E-state index is -0.596. The van der Waals surface area contributed by atoms with Gasteiger partial charge in [-0.2, -0.15) is 0 Å². The predicted octanol–water partition coefficient (Wildman–Crippen LogP) is 2.44. The minimum Gasteiger partial charge on any atom is -0.344 e. The van der Waals surface area contributed by atoms with E-state index in [2.05, 4.69) is 10.3 Å². The summed E-state index contributed by atoms with van der Waals surface area (Å²) in [7, 11) is 0. The largest absolute Gasteiger partial charge is 0.344 e. The normalized spacial score (nSPS) is 10.2. The van der Waals surface area contributed by atoms with Crippen molar-refractivity contribution in [2.75, 3.05) is 13.1 Å². The number of halogens is 1. The second kappa shape index (κ2) is 9.03. The molecule has 2 rings (SSSR count). The van der Waals surface area contributed by atoms with E-state index in [1.54, 1.807) is 24.5 Å². The molecule has 126 valence electrons. The molecule has 6 heteroatoms. The highest BCUT2D eigenvalue weighted by atomic mass is 35.5. The van der Waals surface area contributed by atoms with Crippen LogP contribution in [0.3, 0.4) is 0 Å². The first-order chi connectivity index (χ1) is 11.6. The lowest BCUT2D eigenvalue weighted by molar-refractivity contribution is -0.145. The summed E-state index contributed by atoms with van der Waals surface area (Å²) in [6, 6.07) is 10.9. The van der Waals surface area contributed by atoms with E-state index >= 15 is 0 Å². The highest BCUT2D eigenvalue weighted by Gasteiger charge is 2.19. The molecule has 0 saturated heterocycles. The molecule has 2 aromatic rings. The lowest BCUT2D eigenvalue weighted by Gasteiger charge is -2.20. The number of pyridine rings is 1. The number of hydrogen-bond donors (Lipinski definition) is 1. The maximum Gasteiger partial charge on any atom is 0.311 e. The number of amides is 2. The number of nitrogens with one attached hydrogen (secondary N) is 1. The van der Waals surface area contributed by atoms with Crippen molar-refractivity contribution in [3.8, 4) is 0 Å². The summed E-state index contributed by atoms with van der Waals surface area (Å²) < 4.78 is 0. The number of likely N-dealkylation sites (N-methyl/N-ethyl adjacent to an activating group) is 1. The number of benzene rings is 1. The van der Waals surface area contributed by atoms with Crippen LogP contribution in [0.2, 0.25) is 5.02 Å². The molecule has 0 aliphatic heterocycles. The van der Waals surface area contributed by atoms with Gasteiger partial charge in [0.2, 0.25) is 0 Å². The van der Waals surface area contributed by atoms with Crippen molar-refractivity contribution >= 4 is 23.4 Å². The fourth-order valence-electron chi connectivity index (χ4n) is 2.22. The van der Waals surface area contributed by atoms with E-state index in [0.29, 0.717) is 31.1 Å². The quantitative estimate of drug-likeness (QED) is 0.818. The third-order valence-corrected chi connectivity index (χ3v) is 3.90. The Morgan fingerprint density at radius 2 is 1.75 bits per heavy atom. The summed E-state index contributed by atoms with van der Waals surface area (Å²) in [4.78, 5) is 29.8. The SMILES string of the molecule is CCN(CCc1ccncc1)C(=O)C(=O)NCc1ccc(Cl)cc1. The maximum absolute atomic E-state index is 12.3. The number of carbonyl (C=O) groups excluding carboxylic acids is 2. The van der Waals surface area contributed by atoms with E-state index in [4.69, 9.17) is 11.6 Å². The Morgan fingerprint density at radius 3 is 2.38 bits per heavy atom. The molecule has 0 radical (unpaired) electrons. The number of rotatable bonds is 6. The van der Waals surface area contributed by atoms with Crippen molar-refractivity contribution in [3.63, 3.8) is 0 Å². The molecule has 1 heterocycles. The third-order valence-electron chi connectivity index (χ3n) is 3.65. The van der Waals surface area contributed by atoms with Crippen molar-refractivity contribution < 1.29 is 9.59 Å². The van der Waals surface area contributed by atoms with Crippen molar-refractivity contribution in [1.82, 2.24) is 15.2 Å². The average Bonchev–Trinajstić information content (AvgIpc) is 2.62. The van der Waals surface area contributed by atoms with Crippen LogP contribution in [0.25, 0.3) is 0 Å². The van der Waals surface area contributed by atoms with Gasteiger partial charge in [-0.25, -0.2) is 0 Å². The van der Waals surface area contributed by atoms with Crippen LogP contribution < -0.4 is 5.32 Å². The number of hydrogen-bond acceptors (Lipinski definition) is 3. The zero-order chi connectivity index (χ0) is 17.4. The van der Waals surface area contributed by atoms with Crippen LogP contribution in [0.4, 0.5) is 0 Å². The molecular formula is C18H20ClN3O2. The van der Waals surface area contributed by atoms with Gasteiger partial charge in [0.05, 0.1) is 0 Å². The molecule has 0 bridgehead atoms.